The van der Waals surface area contributed by atoms with Crippen LogP contribution in [-0.2, 0) is 11.3 Å². The summed E-state index contributed by atoms with van der Waals surface area (Å²) in [5.74, 6) is 0. The zero-order valence-electron chi connectivity index (χ0n) is 14.1. The molecule has 1 aromatic carbocycles. The fraction of sp³-hybridized carbons (Fsp3) is 0.556. The summed E-state index contributed by atoms with van der Waals surface area (Å²) in [5, 5.41) is 12.6. The summed E-state index contributed by atoms with van der Waals surface area (Å²) in [5.41, 5.74) is 1.28. The van der Waals surface area contributed by atoms with E-state index in [0.717, 1.165) is 18.4 Å². The van der Waals surface area contributed by atoms with Crippen LogP contribution < -0.4 is 5.32 Å². The van der Waals surface area contributed by atoms with Crippen LogP contribution in [0.2, 0.25) is 0 Å². The van der Waals surface area contributed by atoms with Gasteiger partial charge in [0.05, 0.1) is 11.6 Å². The lowest BCUT2D eigenvalue weighted by Gasteiger charge is -2.33. The smallest absolute Gasteiger partial charge is 0.410 e. The van der Waals surface area contributed by atoms with E-state index < -0.39 is 5.60 Å². The Morgan fingerprint density at radius 2 is 2.00 bits per heavy atom. The van der Waals surface area contributed by atoms with Gasteiger partial charge >= 0.3 is 6.09 Å². The second-order valence-corrected chi connectivity index (χ2v) is 6.89. The van der Waals surface area contributed by atoms with E-state index in [1.54, 1.807) is 4.90 Å². The molecule has 0 unspecified atom stereocenters. The first kappa shape index (κ1) is 17.3. The van der Waals surface area contributed by atoms with E-state index in [0.29, 0.717) is 31.2 Å². The fourth-order valence-electron chi connectivity index (χ4n) is 2.63. The largest absolute Gasteiger partial charge is 0.444 e. The van der Waals surface area contributed by atoms with Gasteiger partial charge in [0.1, 0.15) is 5.60 Å². The quantitative estimate of drug-likeness (QED) is 0.931. The van der Waals surface area contributed by atoms with Crippen molar-refractivity contribution in [2.45, 2.75) is 51.8 Å². The predicted molar refractivity (Wildman–Crippen MR) is 88.8 cm³/mol. The Hall–Kier alpha value is -2.06. The SMILES string of the molecule is CC(C)(C)OC(=O)N1CCC(NCc2ccccc2C#N)CC1. The van der Waals surface area contributed by atoms with Crippen LogP contribution in [0, 0.1) is 11.3 Å². The van der Waals surface area contributed by atoms with E-state index in [4.69, 9.17) is 10.00 Å². The number of hydrogen-bond donors (Lipinski definition) is 1. The van der Waals surface area contributed by atoms with Gasteiger partial charge in [-0.2, -0.15) is 5.26 Å². The fourth-order valence-corrected chi connectivity index (χ4v) is 2.63. The lowest BCUT2D eigenvalue weighted by atomic mass is 10.0. The van der Waals surface area contributed by atoms with Crippen LogP contribution in [0.1, 0.15) is 44.7 Å². The van der Waals surface area contributed by atoms with Gasteiger partial charge in [0.15, 0.2) is 0 Å². The maximum atomic E-state index is 12.0. The van der Waals surface area contributed by atoms with Crippen molar-refractivity contribution in [2.75, 3.05) is 13.1 Å². The number of ether oxygens (including phenoxy) is 1. The van der Waals surface area contributed by atoms with Crippen LogP contribution in [0.3, 0.4) is 0 Å². The number of carbonyl (C=O) groups excluding carboxylic acids is 1. The van der Waals surface area contributed by atoms with E-state index in [2.05, 4.69) is 11.4 Å². The van der Waals surface area contributed by atoms with Crippen LogP contribution in [0.15, 0.2) is 24.3 Å². The van der Waals surface area contributed by atoms with E-state index in [9.17, 15) is 4.79 Å². The van der Waals surface area contributed by atoms with Gasteiger partial charge < -0.3 is 15.0 Å². The molecule has 1 aromatic rings. The zero-order chi connectivity index (χ0) is 16.9. The number of nitrogens with one attached hydrogen (secondary N) is 1. The van der Waals surface area contributed by atoms with Crippen molar-refractivity contribution in [3.8, 4) is 6.07 Å². The number of amides is 1. The van der Waals surface area contributed by atoms with Crippen LogP contribution in [0.25, 0.3) is 0 Å². The molecule has 0 aromatic heterocycles. The number of hydrogen-bond acceptors (Lipinski definition) is 4. The van der Waals surface area contributed by atoms with Gasteiger partial charge in [-0.25, -0.2) is 4.79 Å². The average Bonchev–Trinajstić information content (AvgIpc) is 2.52. The molecule has 124 valence electrons. The summed E-state index contributed by atoms with van der Waals surface area (Å²) >= 11 is 0. The Kier molecular flexibility index (Phi) is 5.62. The average molecular weight is 315 g/mol. The summed E-state index contributed by atoms with van der Waals surface area (Å²) in [7, 11) is 0. The van der Waals surface area contributed by atoms with Crippen molar-refractivity contribution in [3.63, 3.8) is 0 Å². The lowest BCUT2D eigenvalue weighted by Crippen LogP contribution is -2.46. The number of nitrogens with zero attached hydrogens (tertiary/aromatic N) is 2. The number of carbonyl (C=O) groups is 1. The molecule has 5 nitrogen and oxygen atoms in total. The third kappa shape index (κ3) is 5.26. The molecule has 0 bridgehead atoms. The molecular weight excluding hydrogens is 290 g/mol. The molecule has 1 aliphatic rings. The molecular formula is C18H25N3O2. The second kappa shape index (κ2) is 7.47. The van der Waals surface area contributed by atoms with Gasteiger partial charge in [0.25, 0.3) is 0 Å². The van der Waals surface area contributed by atoms with Gasteiger partial charge in [-0.05, 0) is 45.2 Å². The standard InChI is InChI=1S/C18H25N3O2/c1-18(2,3)23-17(22)21-10-8-16(9-11-21)20-13-15-7-5-4-6-14(15)12-19/h4-7,16,20H,8-11,13H2,1-3H3. The summed E-state index contributed by atoms with van der Waals surface area (Å²) in [4.78, 5) is 13.8. The first-order valence-electron chi connectivity index (χ1n) is 8.08. The van der Waals surface area contributed by atoms with Crippen LogP contribution in [0.4, 0.5) is 4.79 Å². The minimum Gasteiger partial charge on any atom is -0.444 e. The third-order valence-corrected chi connectivity index (χ3v) is 3.87. The lowest BCUT2D eigenvalue weighted by molar-refractivity contribution is 0.0198. The predicted octanol–water partition coefficient (Wildman–Crippen LogP) is 3.05. The molecule has 1 aliphatic heterocycles. The normalized spacial score (nSPS) is 16.0. The topological polar surface area (TPSA) is 65.4 Å². The molecule has 1 saturated heterocycles. The molecule has 0 radical (unpaired) electrons. The zero-order valence-corrected chi connectivity index (χ0v) is 14.1. The van der Waals surface area contributed by atoms with Crippen molar-refractivity contribution in [1.29, 1.82) is 5.26 Å². The van der Waals surface area contributed by atoms with Crippen molar-refractivity contribution in [1.82, 2.24) is 10.2 Å². The number of rotatable bonds is 3. The van der Waals surface area contributed by atoms with Crippen molar-refractivity contribution < 1.29 is 9.53 Å². The van der Waals surface area contributed by atoms with Crippen LogP contribution >= 0.6 is 0 Å². The van der Waals surface area contributed by atoms with Crippen molar-refractivity contribution >= 4 is 6.09 Å². The molecule has 2 rings (SSSR count). The molecule has 0 atom stereocenters. The van der Waals surface area contributed by atoms with Crippen LogP contribution in [-0.4, -0.2) is 35.7 Å². The van der Waals surface area contributed by atoms with Gasteiger partial charge in [-0.15, -0.1) is 0 Å². The monoisotopic (exact) mass is 315 g/mol. The number of likely N-dealkylation sites (tertiary alicyclic amines) is 1. The Morgan fingerprint density at radius 1 is 1.35 bits per heavy atom. The van der Waals surface area contributed by atoms with E-state index in [-0.39, 0.29) is 6.09 Å². The minimum absolute atomic E-state index is 0.231. The second-order valence-electron chi connectivity index (χ2n) is 6.89. The van der Waals surface area contributed by atoms with E-state index >= 15 is 0 Å². The molecule has 1 N–H and O–H groups in total. The van der Waals surface area contributed by atoms with Gasteiger partial charge in [0.2, 0.25) is 0 Å². The Bertz CT molecular complexity index is 579. The highest BCUT2D eigenvalue weighted by Gasteiger charge is 2.26. The Labute approximate surface area is 138 Å². The first-order chi connectivity index (χ1) is 10.9. The van der Waals surface area contributed by atoms with Crippen LogP contribution in [0.5, 0.6) is 0 Å². The summed E-state index contributed by atoms with van der Waals surface area (Å²) in [6.07, 6.45) is 1.56. The highest BCUT2D eigenvalue weighted by molar-refractivity contribution is 5.68. The van der Waals surface area contributed by atoms with Gasteiger partial charge in [-0.1, -0.05) is 18.2 Å². The molecule has 0 saturated carbocycles. The molecule has 1 fully saturated rings. The molecule has 0 aliphatic carbocycles. The highest BCUT2D eigenvalue weighted by atomic mass is 16.6. The third-order valence-electron chi connectivity index (χ3n) is 3.87. The summed E-state index contributed by atoms with van der Waals surface area (Å²) in [6, 6.07) is 10.2. The van der Waals surface area contributed by atoms with E-state index in [1.165, 1.54) is 0 Å². The molecule has 5 heteroatoms. The Balaban J connectivity index is 1.79. The highest BCUT2D eigenvalue weighted by Crippen LogP contribution is 2.16. The number of benzene rings is 1. The Morgan fingerprint density at radius 3 is 2.61 bits per heavy atom. The van der Waals surface area contributed by atoms with Gasteiger partial charge in [0, 0.05) is 25.7 Å². The van der Waals surface area contributed by atoms with Crippen molar-refractivity contribution in [3.05, 3.63) is 35.4 Å². The van der Waals surface area contributed by atoms with E-state index in [1.807, 2.05) is 45.0 Å². The van der Waals surface area contributed by atoms with Gasteiger partial charge in [-0.3, -0.25) is 0 Å². The molecule has 0 spiro atoms. The first-order valence-corrected chi connectivity index (χ1v) is 8.08. The van der Waals surface area contributed by atoms with Crippen molar-refractivity contribution in [2.24, 2.45) is 0 Å². The maximum absolute atomic E-state index is 12.0. The maximum Gasteiger partial charge on any atom is 0.410 e. The molecule has 1 amide bonds. The summed E-state index contributed by atoms with van der Waals surface area (Å²) in [6.45, 7) is 7.73. The number of piperidine rings is 1. The summed E-state index contributed by atoms with van der Waals surface area (Å²) < 4.78 is 5.40. The molecule has 23 heavy (non-hydrogen) atoms. The molecule has 1 heterocycles. The minimum atomic E-state index is -0.451. The number of nitriles is 1.